The number of para-hydroxylation sites is 9. The third-order valence-electron chi connectivity index (χ3n) is 16.9. The summed E-state index contributed by atoms with van der Waals surface area (Å²) >= 11 is 0. The zero-order valence-corrected chi connectivity index (χ0v) is 43.4. The third kappa shape index (κ3) is 6.50. The Bertz CT molecular complexity index is 4520. The topological polar surface area (TPSA) is 27.1 Å². The van der Waals surface area contributed by atoms with Gasteiger partial charge in [-0.15, -0.1) is 0 Å². The van der Waals surface area contributed by atoms with Gasteiger partial charge in [0.05, 0.1) is 28.1 Å². The molecule has 5 heterocycles. The minimum absolute atomic E-state index is 0.135. The lowest BCUT2D eigenvalue weighted by Crippen LogP contribution is -2.64. The van der Waals surface area contributed by atoms with Crippen LogP contribution < -0.4 is 57.1 Å². The predicted molar refractivity (Wildman–Crippen MR) is 335 cm³/mol. The van der Waals surface area contributed by atoms with E-state index in [1.807, 2.05) is 0 Å². The Balaban J connectivity index is 1.02. The third-order valence-corrected chi connectivity index (χ3v) is 16.9. The zero-order chi connectivity index (χ0) is 52.4. The number of hydrogen-bond acceptors (Lipinski definition) is 5. The van der Waals surface area contributed by atoms with Crippen molar-refractivity contribution in [3.63, 3.8) is 0 Å². The van der Waals surface area contributed by atoms with E-state index >= 15 is 0 Å². The van der Waals surface area contributed by atoms with Gasteiger partial charge in [0.15, 0.2) is 0 Å². The summed E-state index contributed by atoms with van der Waals surface area (Å²) in [6.07, 6.45) is 0. The highest BCUT2D eigenvalue weighted by Gasteiger charge is 2.48. The summed E-state index contributed by atoms with van der Waals surface area (Å²) in [7, 11) is 0. The Morgan fingerprint density at radius 1 is 0.312 bits per heavy atom. The molecule has 0 saturated heterocycles. The lowest BCUT2D eigenvalue weighted by molar-refractivity contribution is 0.487. The van der Waals surface area contributed by atoms with E-state index in [2.05, 4.69) is 309 Å². The normalized spacial score (nSPS) is 13.0. The van der Waals surface area contributed by atoms with Crippen molar-refractivity contribution in [3.05, 3.63) is 285 Å². The molecule has 0 fully saturated rings. The van der Waals surface area contributed by atoms with Crippen LogP contribution in [0.4, 0.5) is 68.2 Å². The van der Waals surface area contributed by atoms with Crippen LogP contribution in [0, 0.1) is 0 Å². The second-order valence-corrected chi connectivity index (χ2v) is 21.2. The molecule has 4 aliphatic rings. The van der Waals surface area contributed by atoms with Crippen LogP contribution in [0.1, 0.15) is 0 Å². The SMILES string of the molecule is c1ccc(N(c2ccccc2)c2cc3c4c(c2)N(c2ccccc2)c2c(cc5c6c2c2ccccc2n6-c2cc(N(c6ccccc6)c6ccccc6)cc6c2B5c2ccccc2O6)B4c2ccccc2N3c2ccccc2)cc1. The summed E-state index contributed by atoms with van der Waals surface area (Å²) in [5, 5.41) is 2.42. The molecular weight excluding hydrogens is 972 g/mol. The molecule has 0 atom stereocenters. The van der Waals surface area contributed by atoms with E-state index in [-0.39, 0.29) is 13.4 Å². The highest BCUT2D eigenvalue weighted by Crippen LogP contribution is 2.52. The molecule has 0 spiro atoms. The van der Waals surface area contributed by atoms with Gasteiger partial charge in [0.2, 0.25) is 0 Å². The van der Waals surface area contributed by atoms with Gasteiger partial charge in [-0.2, -0.15) is 0 Å². The predicted octanol–water partition coefficient (Wildman–Crippen LogP) is 14.7. The molecule has 8 heteroatoms. The van der Waals surface area contributed by atoms with E-state index in [1.54, 1.807) is 0 Å². The fourth-order valence-corrected chi connectivity index (χ4v) is 13.8. The second kappa shape index (κ2) is 17.5. The number of rotatable bonds is 8. The van der Waals surface area contributed by atoms with E-state index in [1.165, 1.54) is 55.0 Å². The highest BCUT2D eigenvalue weighted by molar-refractivity contribution is 7.03. The van der Waals surface area contributed by atoms with Crippen molar-refractivity contribution in [2.45, 2.75) is 0 Å². The van der Waals surface area contributed by atoms with Crippen molar-refractivity contribution in [2.24, 2.45) is 0 Å². The first-order valence-corrected chi connectivity index (χ1v) is 27.6. The molecular formula is C72H47B2N5O. The van der Waals surface area contributed by atoms with Crippen molar-refractivity contribution < 1.29 is 4.74 Å². The summed E-state index contributed by atoms with van der Waals surface area (Å²) in [6, 6.07) is 104. The molecule has 0 aliphatic carbocycles. The monoisotopic (exact) mass is 1020 g/mol. The van der Waals surface area contributed by atoms with E-state index in [0.29, 0.717) is 0 Å². The van der Waals surface area contributed by atoms with Crippen LogP contribution in [0.2, 0.25) is 0 Å². The molecule has 0 N–H and O–H groups in total. The van der Waals surface area contributed by atoms with Crippen molar-refractivity contribution >= 4 is 136 Å². The standard InChI is InChI=1S/C72H47B2N5O/c1-7-25-48(26-8-1)75(49-27-9-2-10-28-49)54-43-63-69-64(44-54)78(53-35-17-6-18-36-53)71-59(73(69)57-38-20-23-41-62(57)77(63)52-33-15-5-16-34-52)47-60-72-68(71)56-37-19-22-40-61(56)79(72)65-45-55(46-67-70(65)74(60)58-39-21-24-42-66(58)80-67)76(50-29-11-3-12-30-50)51-31-13-4-14-32-51/h1-47H. The molecule has 0 amide bonds. The number of fused-ring (bicyclic) bond motifs is 12. The number of benzene rings is 12. The first-order chi connectivity index (χ1) is 39.7. The Hall–Kier alpha value is -10.4. The molecule has 372 valence electrons. The molecule has 12 aromatic carbocycles. The maximum absolute atomic E-state index is 7.22. The smallest absolute Gasteiger partial charge is 0.256 e. The highest BCUT2D eigenvalue weighted by atomic mass is 16.5. The van der Waals surface area contributed by atoms with Gasteiger partial charge < -0.3 is 28.9 Å². The van der Waals surface area contributed by atoms with Gasteiger partial charge in [-0.25, -0.2) is 0 Å². The van der Waals surface area contributed by atoms with Gasteiger partial charge in [0.25, 0.3) is 13.4 Å². The molecule has 13 aromatic rings. The lowest BCUT2D eigenvalue weighted by Gasteiger charge is -2.45. The van der Waals surface area contributed by atoms with Crippen LogP contribution in [0.15, 0.2) is 285 Å². The fraction of sp³-hybridized carbons (Fsp3) is 0. The van der Waals surface area contributed by atoms with Crippen molar-refractivity contribution in [1.29, 1.82) is 0 Å². The quantitative estimate of drug-likeness (QED) is 0.141. The second-order valence-electron chi connectivity index (χ2n) is 21.2. The van der Waals surface area contributed by atoms with E-state index in [4.69, 9.17) is 4.74 Å². The average molecular weight is 1020 g/mol. The van der Waals surface area contributed by atoms with Crippen LogP contribution in [-0.4, -0.2) is 18.0 Å². The number of nitrogens with zero attached hydrogens (tertiary/aromatic N) is 5. The Morgan fingerprint density at radius 2 is 0.775 bits per heavy atom. The molecule has 4 aliphatic heterocycles. The van der Waals surface area contributed by atoms with Gasteiger partial charge in [0.1, 0.15) is 11.5 Å². The fourth-order valence-electron chi connectivity index (χ4n) is 13.8. The first kappa shape index (κ1) is 44.7. The molecule has 80 heavy (non-hydrogen) atoms. The largest absolute Gasteiger partial charge is 0.458 e. The minimum atomic E-state index is -0.145. The van der Waals surface area contributed by atoms with Crippen LogP contribution in [0.25, 0.3) is 27.5 Å². The molecule has 0 unspecified atom stereocenters. The zero-order valence-electron chi connectivity index (χ0n) is 43.4. The van der Waals surface area contributed by atoms with Crippen LogP contribution in [0.3, 0.4) is 0 Å². The van der Waals surface area contributed by atoms with Gasteiger partial charge in [-0.1, -0.05) is 170 Å². The lowest BCUT2D eigenvalue weighted by atomic mass is 9.30. The molecule has 17 rings (SSSR count). The Kier molecular flexibility index (Phi) is 9.80. The molecule has 0 saturated carbocycles. The van der Waals surface area contributed by atoms with Crippen LogP contribution in [-0.2, 0) is 0 Å². The van der Waals surface area contributed by atoms with Crippen molar-refractivity contribution in [1.82, 2.24) is 4.57 Å². The average Bonchev–Trinajstić information content (AvgIpc) is 3.76. The first-order valence-electron chi connectivity index (χ1n) is 27.6. The maximum atomic E-state index is 7.22. The van der Waals surface area contributed by atoms with E-state index in [0.717, 1.165) is 85.0 Å². The Labute approximate surface area is 465 Å². The molecule has 0 bridgehead atoms. The number of hydrogen-bond donors (Lipinski definition) is 0. The summed E-state index contributed by atoms with van der Waals surface area (Å²) < 4.78 is 9.80. The minimum Gasteiger partial charge on any atom is -0.458 e. The van der Waals surface area contributed by atoms with Crippen molar-refractivity contribution in [2.75, 3.05) is 19.6 Å². The molecule has 1 aromatic heterocycles. The van der Waals surface area contributed by atoms with Gasteiger partial charge >= 0.3 is 0 Å². The maximum Gasteiger partial charge on any atom is 0.256 e. The summed E-state index contributed by atoms with van der Waals surface area (Å²) in [4.78, 5) is 9.89. The molecule has 0 radical (unpaired) electrons. The van der Waals surface area contributed by atoms with Crippen LogP contribution >= 0.6 is 0 Å². The summed E-state index contributed by atoms with van der Waals surface area (Å²) in [5.41, 5.74) is 24.1. The van der Waals surface area contributed by atoms with E-state index in [9.17, 15) is 0 Å². The van der Waals surface area contributed by atoms with Gasteiger partial charge in [-0.05, 0) is 142 Å². The molecule has 6 nitrogen and oxygen atoms in total. The summed E-state index contributed by atoms with van der Waals surface area (Å²) in [6.45, 7) is -0.280. The van der Waals surface area contributed by atoms with Crippen LogP contribution in [0.5, 0.6) is 11.5 Å². The van der Waals surface area contributed by atoms with Gasteiger partial charge in [-0.3, -0.25) is 0 Å². The number of aromatic nitrogens is 1. The summed E-state index contributed by atoms with van der Waals surface area (Å²) in [5.74, 6) is 1.74. The van der Waals surface area contributed by atoms with E-state index < -0.39 is 0 Å². The van der Waals surface area contributed by atoms with Crippen molar-refractivity contribution in [3.8, 4) is 17.2 Å². The van der Waals surface area contributed by atoms with Gasteiger partial charge in [0, 0.05) is 73.7 Å². The Morgan fingerprint density at radius 3 is 1.39 bits per heavy atom. The number of ether oxygens (including phenoxy) is 1. The number of anilines is 12.